The molecule has 1 amide bonds. The van der Waals surface area contributed by atoms with Crippen LogP contribution in [0.15, 0.2) is 23.9 Å². The molecule has 152 valence electrons. The van der Waals surface area contributed by atoms with Crippen LogP contribution in [0, 0.1) is 0 Å². The second kappa shape index (κ2) is 9.97. The van der Waals surface area contributed by atoms with Crippen LogP contribution in [0.4, 0.5) is 0 Å². The van der Waals surface area contributed by atoms with Crippen molar-refractivity contribution in [2.75, 3.05) is 53.7 Å². The first-order valence-corrected chi connectivity index (χ1v) is 9.83. The van der Waals surface area contributed by atoms with Crippen LogP contribution in [0.3, 0.4) is 0 Å². The average molecular weight is 406 g/mol. The molecule has 0 aromatic heterocycles. The summed E-state index contributed by atoms with van der Waals surface area (Å²) >= 11 is 5.31. The summed E-state index contributed by atoms with van der Waals surface area (Å²) in [4.78, 5) is 16.6. The highest BCUT2D eigenvalue weighted by Crippen LogP contribution is 2.24. The monoisotopic (exact) mass is 405 g/mol. The standard InChI is InChI=1S/C20H27N3O4S/c1-25-9-3-6-23-19(24)17(21-20(23)28)13-15-4-5-18(26-2)16(12-15)14-22-7-10-27-11-8-22/h4-5,12-13H,3,6-11,14H2,1-2H3,(H,21,28)/b17-13+. The summed E-state index contributed by atoms with van der Waals surface area (Å²) in [5.41, 5.74) is 2.51. The van der Waals surface area contributed by atoms with E-state index in [1.807, 2.05) is 18.2 Å². The zero-order valence-corrected chi connectivity index (χ0v) is 17.2. The van der Waals surface area contributed by atoms with Crippen molar-refractivity contribution in [2.24, 2.45) is 0 Å². The lowest BCUT2D eigenvalue weighted by Gasteiger charge is -2.27. The van der Waals surface area contributed by atoms with Gasteiger partial charge in [0.1, 0.15) is 11.4 Å². The number of hydrogen-bond donors (Lipinski definition) is 1. The summed E-state index contributed by atoms with van der Waals surface area (Å²) in [5, 5.41) is 3.47. The number of benzene rings is 1. The molecule has 0 atom stereocenters. The van der Waals surface area contributed by atoms with Gasteiger partial charge in [-0.1, -0.05) is 6.07 Å². The van der Waals surface area contributed by atoms with E-state index in [2.05, 4.69) is 16.3 Å². The third-order valence-corrected chi connectivity index (χ3v) is 5.13. The molecule has 2 heterocycles. The van der Waals surface area contributed by atoms with Crippen molar-refractivity contribution in [3.05, 3.63) is 35.0 Å². The van der Waals surface area contributed by atoms with E-state index < -0.39 is 0 Å². The number of rotatable bonds is 8. The molecule has 2 fully saturated rings. The van der Waals surface area contributed by atoms with Crippen molar-refractivity contribution in [3.63, 3.8) is 0 Å². The molecule has 2 aliphatic rings. The Morgan fingerprint density at radius 1 is 1.29 bits per heavy atom. The molecule has 0 aliphatic carbocycles. The van der Waals surface area contributed by atoms with E-state index in [9.17, 15) is 4.79 Å². The number of hydrogen-bond acceptors (Lipinski definition) is 6. The molecule has 0 bridgehead atoms. The van der Waals surface area contributed by atoms with E-state index in [1.165, 1.54) is 0 Å². The van der Waals surface area contributed by atoms with Gasteiger partial charge >= 0.3 is 0 Å². The Balaban J connectivity index is 1.75. The maximum atomic E-state index is 12.7. The quantitative estimate of drug-likeness (QED) is 0.401. The molecule has 2 saturated heterocycles. The highest BCUT2D eigenvalue weighted by atomic mass is 32.1. The zero-order valence-electron chi connectivity index (χ0n) is 16.4. The summed E-state index contributed by atoms with van der Waals surface area (Å²) in [5.74, 6) is 0.739. The van der Waals surface area contributed by atoms with Crippen LogP contribution in [-0.2, 0) is 20.8 Å². The van der Waals surface area contributed by atoms with Crippen molar-refractivity contribution in [3.8, 4) is 5.75 Å². The number of morpholine rings is 1. The molecule has 8 heteroatoms. The van der Waals surface area contributed by atoms with Gasteiger partial charge in [0.25, 0.3) is 5.91 Å². The molecule has 7 nitrogen and oxygen atoms in total. The molecule has 2 aliphatic heterocycles. The number of nitrogens with one attached hydrogen (secondary N) is 1. The Morgan fingerprint density at radius 3 is 2.79 bits per heavy atom. The van der Waals surface area contributed by atoms with Gasteiger partial charge in [0, 0.05) is 45.5 Å². The molecule has 1 N–H and O–H groups in total. The summed E-state index contributed by atoms with van der Waals surface area (Å²) in [6.07, 6.45) is 2.58. The smallest absolute Gasteiger partial charge is 0.276 e. The maximum Gasteiger partial charge on any atom is 0.276 e. The van der Waals surface area contributed by atoms with Gasteiger partial charge in [0.15, 0.2) is 5.11 Å². The van der Waals surface area contributed by atoms with E-state index in [0.717, 1.165) is 56.1 Å². The van der Waals surface area contributed by atoms with Gasteiger partial charge in [-0.25, -0.2) is 0 Å². The highest BCUT2D eigenvalue weighted by Gasteiger charge is 2.30. The van der Waals surface area contributed by atoms with Crippen molar-refractivity contribution in [1.29, 1.82) is 0 Å². The topological polar surface area (TPSA) is 63.3 Å². The number of carbonyl (C=O) groups is 1. The molecule has 0 unspecified atom stereocenters. The first kappa shape index (κ1) is 20.7. The van der Waals surface area contributed by atoms with Crippen molar-refractivity contribution >= 4 is 29.3 Å². The van der Waals surface area contributed by atoms with Crippen LogP contribution in [0.5, 0.6) is 5.75 Å². The molecule has 0 saturated carbocycles. The summed E-state index contributed by atoms with van der Waals surface area (Å²) in [7, 11) is 3.32. The lowest BCUT2D eigenvalue weighted by Crippen LogP contribution is -2.35. The third-order valence-electron chi connectivity index (χ3n) is 4.81. The molecule has 0 radical (unpaired) electrons. The van der Waals surface area contributed by atoms with Crippen LogP contribution >= 0.6 is 12.2 Å². The fourth-order valence-corrected chi connectivity index (χ4v) is 3.60. The van der Waals surface area contributed by atoms with Crippen LogP contribution < -0.4 is 10.1 Å². The highest BCUT2D eigenvalue weighted by molar-refractivity contribution is 7.80. The van der Waals surface area contributed by atoms with Gasteiger partial charge in [-0.05, 0) is 42.4 Å². The number of nitrogens with zero attached hydrogens (tertiary/aromatic N) is 2. The third kappa shape index (κ3) is 5.08. The van der Waals surface area contributed by atoms with E-state index in [-0.39, 0.29) is 5.91 Å². The van der Waals surface area contributed by atoms with Gasteiger partial charge in [0.05, 0.1) is 20.3 Å². The molecular weight excluding hydrogens is 378 g/mol. The van der Waals surface area contributed by atoms with E-state index in [4.69, 9.17) is 26.4 Å². The lowest BCUT2D eigenvalue weighted by atomic mass is 10.1. The second-order valence-corrected chi connectivity index (χ2v) is 7.14. The SMILES string of the molecule is COCCCN1C(=O)/C(=C\c2ccc(OC)c(CN3CCOCC3)c2)NC1=S. The maximum absolute atomic E-state index is 12.7. The van der Waals surface area contributed by atoms with E-state index in [1.54, 1.807) is 19.1 Å². The summed E-state index contributed by atoms with van der Waals surface area (Å²) in [6.45, 7) is 5.22. The molecule has 28 heavy (non-hydrogen) atoms. The van der Waals surface area contributed by atoms with Crippen LogP contribution in [0.2, 0.25) is 0 Å². The van der Waals surface area contributed by atoms with Crippen LogP contribution in [0.1, 0.15) is 17.5 Å². The Hall–Kier alpha value is -2.00. The van der Waals surface area contributed by atoms with Gasteiger partial charge in [0.2, 0.25) is 0 Å². The summed E-state index contributed by atoms with van der Waals surface area (Å²) < 4.78 is 16.0. The number of carbonyl (C=O) groups excluding carboxylic acids is 1. The average Bonchev–Trinajstić information content (AvgIpc) is 2.96. The number of amides is 1. The van der Waals surface area contributed by atoms with Crippen LogP contribution in [0.25, 0.3) is 6.08 Å². The van der Waals surface area contributed by atoms with Gasteiger partial charge in [-0.3, -0.25) is 14.6 Å². The zero-order chi connectivity index (χ0) is 19.9. The second-order valence-electron chi connectivity index (χ2n) is 6.75. The minimum absolute atomic E-state index is 0.105. The first-order valence-electron chi connectivity index (χ1n) is 9.43. The van der Waals surface area contributed by atoms with Gasteiger partial charge in [-0.15, -0.1) is 0 Å². The van der Waals surface area contributed by atoms with Crippen molar-refractivity contribution < 1.29 is 19.0 Å². The number of thiocarbonyl (C=S) groups is 1. The lowest BCUT2D eigenvalue weighted by molar-refractivity contribution is -0.122. The Morgan fingerprint density at radius 2 is 2.07 bits per heavy atom. The summed E-state index contributed by atoms with van der Waals surface area (Å²) in [6, 6.07) is 5.95. The number of ether oxygens (including phenoxy) is 3. The van der Waals surface area contributed by atoms with Crippen LogP contribution in [-0.4, -0.2) is 74.5 Å². The molecule has 1 aromatic rings. The minimum atomic E-state index is -0.105. The fourth-order valence-electron chi connectivity index (χ4n) is 3.32. The predicted molar refractivity (Wildman–Crippen MR) is 111 cm³/mol. The number of methoxy groups -OCH3 is 2. The minimum Gasteiger partial charge on any atom is -0.496 e. The van der Waals surface area contributed by atoms with Gasteiger partial charge < -0.3 is 19.5 Å². The Labute approximate surface area is 171 Å². The Kier molecular flexibility index (Phi) is 7.38. The molecule has 0 spiro atoms. The molecule has 1 aromatic carbocycles. The normalized spacial score (nSPS) is 19.4. The molecular formula is C20H27N3O4S. The fraction of sp³-hybridized carbons (Fsp3) is 0.500. The largest absolute Gasteiger partial charge is 0.496 e. The van der Waals surface area contributed by atoms with E-state index >= 15 is 0 Å². The van der Waals surface area contributed by atoms with Crippen molar-refractivity contribution in [2.45, 2.75) is 13.0 Å². The van der Waals surface area contributed by atoms with E-state index in [0.29, 0.717) is 24.0 Å². The Bertz CT molecular complexity index is 747. The first-order chi connectivity index (χ1) is 13.6. The molecule has 3 rings (SSSR count). The predicted octanol–water partition coefficient (Wildman–Crippen LogP) is 1.62. The van der Waals surface area contributed by atoms with Crippen molar-refractivity contribution in [1.82, 2.24) is 15.1 Å². The van der Waals surface area contributed by atoms with Gasteiger partial charge in [-0.2, -0.15) is 0 Å².